The van der Waals surface area contributed by atoms with Crippen LogP contribution in [-0.2, 0) is 0 Å². The lowest BCUT2D eigenvalue weighted by molar-refractivity contribution is 0.0568. The molecule has 0 radical (unpaired) electrons. The fraction of sp³-hybridized carbons (Fsp3) is 0.412. The summed E-state index contributed by atoms with van der Waals surface area (Å²) >= 11 is 0. The second kappa shape index (κ2) is 6.75. The first-order valence-electron chi connectivity index (χ1n) is 7.82. The van der Waals surface area contributed by atoms with E-state index in [0.717, 1.165) is 31.5 Å². The van der Waals surface area contributed by atoms with Crippen LogP contribution in [0.1, 0.15) is 36.2 Å². The van der Waals surface area contributed by atoms with Gasteiger partial charge in [-0.25, -0.2) is 4.68 Å². The Morgan fingerprint density at radius 1 is 1.23 bits per heavy atom. The summed E-state index contributed by atoms with van der Waals surface area (Å²) in [5.74, 6) is -0.0344. The van der Waals surface area contributed by atoms with E-state index in [2.05, 4.69) is 5.10 Å². The van der Waals surface area contributed by atoms with Gasteiger partial charge in [-0.1, -0.05) is 18.2 Å². The quantitative estimate of drug-likeness (QED) is 0.942. The number of carbonyl (C=O) groups is 1. The molecule has 2 heterocycles. The van der Waals surface area contributed by atoms with Crippen molar-refractivity contribution in [3.05, 3.63) is 48.3 Å². The smallest absolute Gasteiger partial charge is 0.274 e. The standard InChI is InChI=1S/C17H21N3O2/c21-13-10-14-6-4-5-11-19(14)17(22)16-9-12-20(18-16)15-7-2-1-3-8-15/h1-3,7-9,12,14,21H,4-6,10-11,13H2. The fourth-order valence-electron chi connectivity index (χ4n) is 3.03. The average Bonchev–Trinajstić information content (AvgIpc) is 3.06. The molecule has 1 amide bonds. The SMILES string of the molecule is O=C(c1ccn(-c2ccccc2)n1)N1CCCCC1CCO. The van der Waals surface area contributed by atoms with Crippen LogP contribution in [0.15, 0.2) is 42.6 Å². The zero-order valence-electron chi connectivity index (χ0n) is 12.6. The van der Waals surface area contributed by atoms with Crippen LogP contribution < -0.4 is 0 Å². The van der Waals surface area contributed by atoms with Crippen LogP contribution >= 0.6 is 0 Å². The number of para-hydroxylation sites is 1. The summed E-state index contributed by atoms with van der Waals surface area (Å²) in [5, 5.41) is 13.6. The third-order valence-corrected chi connectivity index (χ3v) is 4.18. The first kappa shape index (κ1) is 14.8. The lowest BCUT2D eigenvalue weighted by Gasteiger charge is -2.35. The summed E-state index contributed by atoms with van der Waals surface area (Å²) in [4.78, 5) is 14.6. The van der Waals surface area contributed by atoms with Crippen molar-refractivity contribution in [1.82, 2.24) is 14.7 Å². The van der Waals surface area contributed by atoms with Crippen LogP contribution in [0.3, 0.4) is 0 Å². The molecule has 1 fully saturated rings. The van der Waals surface area contributed by atoms with Gasteiger partial charge in [0.15, 0.2) is 5.69 Å². The second-order valence-electron chi connectivity index (χ2n) is 5.64. The lowest BCUT2D eigenvalue weighted by atomic mass is 9.99. The van der Waals surface area contributed by atoms with Crippen molar-refractivity contribution in [1.29, 1.82) is 0 Å². The van der Waals surface area contributed by atoms with Gasteiger partial charge in [-0.3, -0.25) is 4.79 Å². The Hall–Kier alpha value is -2.14. The lowest BCUT2D eigenvalue weighted by Crippen LogP contribution is -2.44. The van der Waals surface area contributed by atoms with Gasteiger partial charge in [0.25, 0.3) is 5.91 Å². The molecule has 2 aromatic rings. The molecule has 3 rings (SSSR count). The van der Waals surface area contributed by atoms with Crippen molar-refractivity contribution in [2.24, 2.45) is 0 Å². The van der Waals surface area contributed by atoms with E-state index in [1.54, 1.807) is 10.7 Å². The van der Waals surface area contributed by atoms with Gasteiger partial charge in [-0.15, -0.1) is 0 Å². The van der Waals surface area contributed by atoms with E-state index in [1.807, 2.05) is 41.4 Å². The molecule has 1 aromatic heterocycles. The van der Waals surface area contributed by atoms with E-state index < -0.39 is 0 Å². The highest BCUT2D eigenvalue weighted by atomic mass is 16.3. The van der Waals surface area contributed by atoms with Crippen molar-refractivity contribution in [2.45, 2.75) is 31.7 Å². The maximum absolute atomic E-state index is 12.7. The number of rotatable bonds is 4. The van der Waals surface area contributed by atoms with Gasteiger partial charge in [0.05, 0.1) is 5.69 Å². The third kappa shape index (κ3) is 3.04. The van der Waals surface area contributed by atoms with Crippen LogP contribution in [0.4, 0.5) is 0 Å². The first-order valence-corrected chi connectivity index (χ1v) is 7.82. The fourth-order valence-corrected chi connectivity index (χ4v) is 3.03. The highest BCUT2D eigenvalue weighted by Crippen LogP contribution is 2.21. The van der Waals surface area contributed by atoms with Gasteiger partial charge in [-0.2, -0.15) is 5.10 Å². The van der Waals surface area contributed by atoms with E-state index in [1.165, 1.54) is 0 Å². The topological polar surface area (TPSA) is 58.4 Å². The highest BCUT2D eigenvalue weighted by Gasteiger charge is 2.28. The van der Waals surface area contributed by atoms with Gasteiger partial charge >= 0.3 is 0 Å². The molecular formula is C17H21N3O2. The number of aliphatic hydroxyl groups is 1. The summed E-state index contributed by atoms with van der Waals surface area (Å²) in [6.07, 6.45) is 5.56. The van der Waals surface area contributed by atoms with Crippen LogP contribution in [-0.4, -0.2) is 44.9 Å². The predicted octanol–water partition coefficient (Wildman–Crippen LogP) is 2.25. The summed E-state index contributed by atoms with van der Waals surface area (Å²) < 4.78 is 1.72. The zero-order chi connectivity index (χ0) is 15.4. The molecular weight excluding hydrogens is 278 g/mol. The average molecular weight is 299 g/mol. The molecule has 5 heteroatoms. The van der Waals surface area contributed by atoms with Crippen molar-refractivity contribution < 1.29 is 9.90 Å². The van der Waals surface area contributed by atoms with Crippen molar-refractivity contribution in [2.75, 3.05) is 13.2 Å². The largest absolute Gasteiger partial charge is 0.396 e. The molecule has 0 saturated carbocycles. The van der Waals surface area contributed by atoms with Crippen LogP contribution in [0.25, 0.3) is 5.69 Å². The number of benzene rings is 1. The monoisotopic (exact) mass is 299 g/mol. The van der Waals surface area contributed by atoms with Crippen LogP contribution in [0.2, 0.25) is 0 Å². The number of aliphatic hydroxyl groups excluding tert-OH is 1. The molecule has 1 aliphatic rings. The van der Waals surface area contributed by atoms with Gasteiger partial charge in [-0.05, 0) is 43.9 Å². The molecule has 22 heavy (non-hydrogen) atoms. The minimum Gasteiger partial charge on any atom is -0.396 e. The normalized spacial score (nSPS) is 18.4. The van der Waals surface area contributed by atoms with E-state index in [4.69, 9.17) is 0 Å². The van der Waals surface area contributed by atoms with Gasteiger partial charge in [0, 0.05) is 25.4 Å². The van der Waals surface area contributed by atoms with Gasteiger partial charge in [0.1, 0.15) is 0 Å². The number of amides is 1. The molecule has 1 N–H and O–H groups in total. The highest BCUT2D eigenvalue weighted by molar-refractivity contribution is 5.92. The third-order valence-electron chi connectivity index (χ3n) is 4.18. The molecule has 1 aromatic carbocycles. The number of hydrogen-bond donors (Lipinski definition) is 1. The Balaban J connectivity index is 1.78. The Morgan fingerprint density at radius 3 is 2.82 bits per heavy atom. The minimum atomic E-state index is -0.0344. The molecule has 1 saturated heterocycles. The molecule has 5 nitrogen and oxygen atoms in total. The number of piperidine rings is 1. The molecule has 116 valence electrons. The van der Waals surface area contributed by atoms with E-state index in [9.17, 15) is 9.90 Å². The molecule has 0 aliphatic carbocycles. The van der Waals surface area contributed by atoms with Crippen molar-refractivity contribution in [3.63, 3.8) is 0 Å². The minimum absolute atomic E-state index is 0.0344. The summed E-state index contributed by atoms with van der Waals surface area (Å²) in [6, 6.07) is 11.6. The summed E-state index contributed by atoms with van der Waals surface area (Å²) in [7, 11) is 0. The Labute approximate surface area is 130 Å². The number of aromatic nitrogens is 2. The number of nitrogens with zero attached hydrogens (tertiary/aromatic N) is 3. The Bertz CT molecular complexity index is 622. The van der Waals surface area contributed by atoms with E-state index >= 15 is 0 Å². The second-order valence-corrected chi connectivity index (χ2v) is 5.64. The van der Waals surface area contributed by atoms with E-state index in [0.29, 0.717) is 12.1 Å². The molecule has 0 bridgehead atoms. The molecule has 1 atom stereocenters. The summed E-state index contributed by atoms with van der Waals surface area (Å²) in [5.41, 5.74) is 1.40. The predicted molar refractivity (Wildman–Crippen MR) is 83.9 cm³/mol. The molecule has 1 unspecified atom stereocenters. The first-order chi connectivity index (χ1) is 10.8. The maximum Gasteiger partial charge on any atom is 0.274 e. The van der Waals surface area contributed by atoms with E-state index in [-0.39, 0.29) is 18.6 Å². The number of carbonyl (C=O) groups excluding carboxylic acids is 1. The summed E-state index contributed by atoms with van der Waals surface area (Å²) in [6.45, 7) is 0.870. The number of hydrogen-bond acceptors (Lipinski definition) is 3. The van der Waals surface area contributed by atoms with Crippen molar-refractivity contribution in [3.8, 4) is 5.69 Å². The molecule has 0 spiro atoms. The Kier molecular flexibility index (Phi) is 4.53. The van der Waals surface area contributed by atoms with Crippen LogP contribution in [0, 0.1) is 0 Å². The van der Waals surface area contributed by atoms with Gasteiger partial charge in [0.2, 0.25) is 0 Å². The maximum atomic E-state index is 12.7. The zero-order valence-corrected chi connectivity index (χ0v) is 12.6. The van der Waals surface area contributed by atoms with Crippen molar-refractivity contribution >= 4 is 5.91 Å². The van der Waals surface area contributed by atoms with Gasteiger partial charge < -0.3 is 10.0 Å². The Morgan fingerprint density at radius 2 is 2.05 bits per heavy atom. The van der Waals surface area contributed by atoms with Crippen LogP contribution in [0.5, 0.6) is 0 Å². The number of likely N-dealkylation sites (tertiary alicyclic amines) is 1. The molecule has 1 aliphatic heterocycles.